The standard InChI is InChI=1S/C22H25N3/c1-16(17-7-10-24-9-5-6-20(24)13-17)12-19-15-21-14-18(22(2,3)4)8-11-25(21)23-19/h5-11,13-16H,12H2,1-4H3. The highest BCUT2D eigenvalue weighted by Gasteiger charge is 2.15. The predicted octanol–water partition coefficient (Wildman–Crippen LogP) is 5.23. The van der Waals surface area contributed by atoms with Crippen LogP contribution in [0.3, 0.4) is 0 Å². The Hall–Kier alpha value is -2.55. The van der Waals surface area contributed by atoms with Gasteiger partial charge in [-0.2, -0.15) is 5.10 Å². The lowest BCUT2D eigenvalue weighted by atomic mass is 9.87. The summed E-state index contributed by atoms with van der Waals surface area (Å²) in [6.45, 7) is 9.02. The Bertz CT molecular complexity index is 1030. The fourth-order valence-corrected chi connectivity index (χ4v) is 3.40. The van der Waals surface area contributed by atoms with Crippen LogP contribution in [0, 0.1) is 0 Å². The van der Waals surface area contributed by atoms with Gasteiger partial charge in [-0.15, -0.1) is 0 Å². The average molecular weight is 331 g/mol. The van der Waals surface area contributed by atoms with Crippen LogP contribution in [0.25, 0.3) is 11.0 Å². The van der Waals surface area contributed by atoms with Crippen LogP contribution in [0.5, 0.6) is 0 Å². The van der Waals surface area contributed by atoms with E-state index in [2.05, 4.69) is 93.2 Å². The van der Waals surface area contributed by atoms with Crippen LogP contribution in [0.15, 0.2) is 61.1 Å². The third kappa shape index (κ3) is 3.07. The van der Waals surface area contributed by atoms with Gasteiger partial charge in [0.2, 0.25) is 0 Å². The maximum atomic E-state index is 4.77. The Balaban J connectivity index is 1.61. The lowest BCUT2D eigenvalue weighted by Crippen LogP contribution is -2.11. The molecule has 0 amide bonds. The first-order chi connectivity index (χ1) is 11.9. The molecule has 0 radical (unpaired) electrons. The highest BCUT2D eigenvalue weighted by molar-refractivity contribution is 5.52. The molecule has 3 nitrogen and oxygen atoms in total. The molecule has 4 rings (SSSR count). The summed E-state index contributed by atoms with van der Waals surface area (Å²) in [6.07, 6.45) is 7.25. The molecule has 0 saturated heterocycles. The van der Waals surface area contributed by atoms with Crippen LogP contribution in [0.2, 0.25) is 0 Å². The van der Waals surface area contributed by atoms with Crippen molar-refractivity contribution in [1.82, 2.24) is 14.0 Å². The van der Waals surface area contributed by atoms with Crippen molar-refractivity contribution < 1.29 is 0 Å². The van der Waals surface area contributed by atoms with E-state index in [4.69, 9.17) is 5.10 Å². The smallest absolute Gasteiger partial charge is 0.0667 e. The zero-order valence-corrected chi connectivity index (χ0v) is 15.4. The number of hydrogen-bond donors (Lipinski definition) is 0. The van der Waals surface area contributed by atoms with Gasteiger partial charge in [0.05, 0.1) is 11.2 Å². The van der Waals surface area contributed by atoms with Gasteiger partial charge in [-0.1, -0.05) is 27.7 Å². The molecule has 0 aliphatic rings. The maximum Gasteiger partial charge on any atom is 0.0667 e. The number of hydrogen-bond acceptors (Lipinski definition) is 1. The Morgan fingerprint density at radius 3 is 2.60 bits per heavy atom. The molecule has 0 spiro atoms. The zero-order chi connectivity index (χ0) is 17.6. The number of pyridine rings is 2. The maximum absolute atomic E-state index is 4.77. The van der Waals surface area contributed by atoms with E-state index in [1.54, 1.807) is 0 Å². The van der Waals surface area contributed by atoms with E-state index in [1.165, 1.54) is 22.2 Å². The van der Waals surface area contributed by atoms with Crippen molar-refractivity contribution in [3.8, 4) is 0 Å². The van der Waals surface area contributed by atoms with Gasteiger partial charge in [0.25, 0.3) is 0 Å². The fraction of sp³-hybridized carbons (Fsp3) is 0.318. The molecule has 1 unspecified atom stereocenters. The molecule has 0 N–H and O–H groups in total. The van der Waals surface area contributed by atoms with E-state index in [0.29, 0.717) is 5.92 Å². The lowest BCUT2D eigenvalue weighted by Gasteiger charge is -2.18. The number of fused-ring (bicyclic) bond motifs is 2. The minimum atomic E-state index is 0.159. The summed E-state index contributed by atoms with van der Waals surface area (Å²) < 4.78 is 4.14. The summed E-state index contributed by atoms with van der Waals surface area (Å²) in [7, 11) is 0. The second-order valence-corrected chi connectivity index (χ2v) is 8.08. The van der Waals surface area contributed by atoms with Gasteiger partial charge in [0, 0.05) is 24.1 Å². The van der Waals surface area contributed by atoms with Gasteiger partial charge in [0.15, 0.2) is 0 Å². The summed E-state index contributed by atoms with van der Waals surface area (Å²) in [4.78, 5) is 0. The molecule has 4 aromatic rings. The molecule has 25 heavy (non-hydrogen) atoms. The normalized spacial score (nSPS) is 13.6. The van der Waals surface area contributed by atoms with Crippen LogP contribution in [-0.4, -0.2) is 14.0 Å². The van der Waals surface area contributed by atoms with E-state index in [0.717, 1.165) is 12.1 Å². The van der Waals surface area contributed by atoms with Gasteiger partial charge in [-0.05, 0) is 71.3 Å². The van der Waals surface area contributed by atoms with Crippen molar-refractivity contribution in [1.29, 1.82) is 0 Å². The largest absolute Gasteiger partial charge is 0.324 e. The summed E-state index contributed by atoms with van der Waals surface area (Å²) in [5.41, 5.74) is 6.43. The summed E-state index contributed by atoms with van der Waals surface area (Å²) in [5, 5.41) is 4.77. The topological polar surface area (TPSA) is 21.7 Å². The molecule has 4 heterocycles. The molecular weight excluding hydrogens is 306 g/mol. The van der Waals surface area contributed by atoms with Gasteiger partial charge in [-0.3, -0.25) is 0 Å². The van der Waals surface area contributed by atoms with Crippen molar-refractivity contribution in [2.75, 3.05) is 0 Å². The molecule has 0 aromatic carbocycles. The van der Waals surface area contributed by atoms with Crippen LogP contribution >= 0.6 is 0 Å². The molecule has 128 valence electrons. The first kappa shape index (κ1) is 15.9. The van der Waals surface area contributed by atoms with Crippen molar-refractivity contribution in [3.63, 3.8) is 0 Å². The van der Waals surface area contributed by atoms with Crippen molar-refractivity contribution in [2.24, 2.45) is 0 Å². The first-order valence-electron chi connectivity index (χ1n) is 8.95. The van der Waals surface area contributed by atoms with Crippen LogP contribution in [0.4, 0.5) is 0 Å². The van der Waals surface area contributed by atoms with Crippen LogP contribution < -0.4 is 0 Å². The SMILES string of the molecule is CC(Cc1cc2cc(C(C)(C)C)ccn2n1)c1ccn2cccc2c1. The summed E-state index contributed by atoms with van der Waals surface area (Å²) in [6, 6.07) is 15.4. The third-order valence-electron chi connectivity index (χ3n) is 5.02. The quantitative estimate of drug-likeness (QED) is 0.504. The molecule has 4 aromatic heterocycles. The average Bonchev–Trinajstić information content (AvgIpc) is 3.18. The Labute approximate surface area is 148 Å². The number of nitrogens with zero attached hydrogens (tertiary/aromatic N) is 3. The first-order valence-corrected chi connectivity index (χ1v) is 8.95. The summed E-state index contributed by atoms with van der Waals surface area (Å²) in [5.74, 6) is 0.437. The second kappa shape index (κ2) is 5.76. The molecular formula is C22H25N3. The van der Waals surface area contributed by atoms with Gasteiger partial charge >= 0.3 is 0 Å². The second-order valence-electron chi connectivity index (χ2n) is 8.08. The molecule has 0 bridgehead atoms. The third-order valence-corrected chi connectivity index (χ3v) is 5.02. The monoisotopic (exact) mass is 331 g/mol. The Kier molecular flexibility index (Phi) is 3.68. The molecule has 0 aliphatic carbocycles. The van der Waals surface area contributed by atoms with E-state index in [-0.39, 0.29) is 5.41 Å². The molecule has 0 fully saturated rings. The van der Waals surface area contributed by atoms with E-state index in [1.807, 2.05) is 4.52 Å². The lowest BCUT2D eigenvalue weighted by molar-refractivity contribution is 0.589. The Morgan fingerprint density at radius 1 is 0.960 bits per heavy atom. The molecule has 0 aliphatic heterocycles. The van der Waals surface area contributed by atoms with Crippen molar-refractivity contribution >= 4 is 11.0 Å². The van der Waals surface area contributed by atoms with E-state index >= 15 is 0 Å². The van der Waals surface area contributed by atoms with Crippen LogP contribution in [0.1, 0.15) is 50.4 Å². The fourth-order valence-electron chi connectivity index (χ4n) is 3.40. The van der Waals surface area contributed by atoms with Crippen molar-refractivity contribution in [3.05, 3.63) is 77.9 Å². The number of aromatic nitrogens is 3. The Morgan fingerprint density at radius 2 is 1.80 bits per heavy atom. The van der Waals surface area contributed by atoms with E-state index in [9.17, 15) is 0 Å². The molecule has 3 heteroatoms. The molecule has 1 atom stereocenters. The summed E-state index contributed by atoms with van der Waals surface area (Å²) >= 11 is 0. The molecule has 0 saturated carbocycles. The highest BCUT2D eigenvalue weighted by Crippen LogP contribution is 2.25. The minimum Gasteiger partial charge on any atom is -0.324 e. The van der Waals surface area contributed by atoms with Gasteiger partial charge < -0.3 is 4.40 Å². The van der Waals surface area contributed by atoms with Gasteiger partial charge in [0.1, 0.15) is 0 Å². The van der Waals surface area contributed by atoms with Gasteiger partial charge in [-0.25, -0.2) is 4.52 Å². The van der Waals surface area contributed by atoms with Crippen LogP contribution in [-0.2, 0) is 11.8 Å². The highest BCUT2D eigenvalue weighted by atomic mass is 15.2. The predicted molar refractivity (Wildman–Crippen MR) is 103 cm³/mol. The van der Waals surface area contributed by atoms with Crippen molar-refractivity contribution in [2.45, 2.75) is 45.4 Å². The number of rotatable bonds is 3. The van der Waals surface area contributed by atoms with E-state index < -0.39 is 0 Å². The minimum absolute atomic E-state index is 0.159. The zero-order valence-electron chi connectivity index (χ0n) is 15.4.